The zero-order valence-electron chi connectivity index (χ0n) is 16.5. The highest BCUT2D eigenvalue weighted by atomic mass is 16.5. The highest BCUT2D eigenvalue weighted by molar-refractivity contribution is 5.80. The molecule has 2 aromatic carbocycles. The smallest absolute Gasteiger partial charge is 0.260 e. The van der Waals surface area contributed by atoms with E-state index in [1.54, 1.807) is 6.92 Å². The zero-order valence-corrected chi connectivity index (χ0v) is 16.5. The summed E-state index contributed by atoms with van der Waals surface area (Å²) in [6.45, 7) is 9.43. The molecule has 0 aliphatic rings. The fourth-order valence-electron chi connectivity index (χ4n) is 2.85. The van der Waals surface area contributed by atoms with Crippen molar-refractivity contribution in [3.05, 3.63) is 59.2 Å². The van der Waals surface area contributed by atoms with Gasteiger partial charge in [-0.1, -0.05) is 24.3 Å². The van der Waals surface area contributed by atoms with E-state index < -0.39 is 6.10 Å². The van der Waals surface area contributed by atoms with Crippen LogP contribution in [0.4, 0.5) is 5.69 Å². The van der Waals surface area contributed by atoms with Crippen molar-refractivity contribution in [1.29, 1.82) is 0 Å². The van der Waals surface area contributed by atoms with E-state index in [2.05, 4.69) is 42.4 Å². The molecule has 4 nitrogen and oxygen atoms in total. The number of ether oxygens (including phenoxy) is 1. The molecule has 0 radical (unpaired) electrons. The maximum absolute atomic E-state index is 12.3. The van der Waals surface area contributed by atoms with Gasteiger partial charge in [-0.15, -0.1) is 0 Å². The molecule has 1 N–H and O–H groups in total. The molecule has 1 unspecified atom stereocenters. The number of carbonyl (C=O) groups is 1. The van der Waals surface area contributed by atoms with Crippen molar-refractivity contribution in [2.45, 2.75) is 40.2 Å². The normalized spacial score (nSPS) is 11.7. The molecule has 1 atom stereocenters. The Morgan fingerprint density at radius 3 is 2.54 bits per heavy atom. The van der Waals surface area contributed by atoms with E-state index in [-0.39, 0.29) is 5.91 Å². The number of nitrogens with one attached hydrogen (secondary N) is 1. The molecule has 4 heteroatoms. The van der Waals surface area contributed by atoms with Crippen LogP contribution in [0.25, 0.3) is 0 Å². The third kappa shape index (κ3) is 5.51. The lowest BCUT2D eigenvalue weighted by Crippen LogP contribution is -2.37. The topological polar surface area (TPSA) is 41.6 Å². The maximum atomic E-state index is 12.3. The van der Waals surface area contributed by atoms with Gasteiger partial charge in [-0.2, -0.15) is 0 Å². The predicted molar refractivity (Wildman–Crippen MR) is 108 cm³/mol. The Morgan fingerprint density at radius 1 is 1.15 bits per heavy atom. The summed E-state index contributed by atoms with van der Waals surface area (Å²) in [5, 5.41) is 2.97. The summed E-state index contributed by atoms with van der Waals surface area (Å²) in [4.78, 5) is 14.5. The van der Waals surface area contributed by atoms with E-state index in [1.807, 2.05) is 38.1 Å². The number of nitrogens with zero attached hydrogens (tertiary/aromatic N) is 1. The first-order valence-corrected chi connectivity index (χ1v) is 9.17. The van der Waals surface area contributed by atoms with E-state index >= 15 is 0 Å². The number of hydrogen-bond acceptors (Lipinski definition) is 3. The van der Waals surface area contributed by atoms with Crippen LogP contribution in [0.1, 0.15) is 30.0 Å². The number of benzene rings is 2. The second-order valence-electron chi connectivity index (χ2n) is 6.87. The minimum Gasteiger partial charge on any atom is -0.481 e. The van der Waals surface area contributed by atoms with Crippen molar-refractivity contribution in [2.24, 2.45) is 0 Å². The number of anilines is 1. The minimum atomic E-state index is -0.512. The Hall–Kier alpha value is -2.49. The Morgan fingerprint density at radius 2 is 1.85 bits per heavy atom. The summed E-state index contributed by atoms with van der Waals surface area (Å²) in [5.41, 5.74) is 4.58. The summed E-state index contributed by atoms with van der Waals surface area (Å²) in [6, 6.07) is 14.3. The Bertz CT molecular complexity index is 728. The van der Waals surface area contributed by atoms with E-state index in [4.69, 9.17) is 4.74 Å². The van der Waals surface area contributed by atoms with Crippen molar-refractivity contribution in [3.63, 3.8) is 0 Å². The number of hydrogen-bond donors (Lipinski definition) is 1. The molecule has 0 saturated heterocycles. The van der Waals surface area contributed by atoms with Crippen molar-refractivity contribution in [2.75, 3.05) is 25.0 Å². The van der Waals surface area contributed by atoms with Crippen LogP contribution in [0.5, 0.6) is 5.75 Å². The molecule has 0 fully saturated rings. The van der Waals surface area contributed by atoms with Gasteiger partial charge in [-0.05, 0) is 69.0 Å². The van der Waals surface area contributed by atoms with Crippen molar-refractivity contribution >= 4 is 11.6 Å². The molecule has 0 aromatic heterocycles. The molecule has 2 aromatic rings. The SMILES string of the molecule is Cc1cc(C)c(C)c(OC(C)C(=O)NCCCN(C)c2ccccc2)c1. The van der Waals surface area contributed by atoms with Crippen LogP contribution < -0.4 is 15.0 Å². The van der Waals surface area contributed by atoms with Crippen molar-refractivity contribution in [3.8, 4) is 5.75 Å². The molecule has 26 heavy (non-hydrogen) atoms. The first kappa shape index (κ1) is 19.8. The predicted octanol–water partition coefficient (Wildman–Crippen LogP) is 4.02. The van der Waals surface area contributed by atoms with E-state index in [0.717, 1.165) is 29.8 Å². The van der Waals surface area contributed by atoms with Crippen LogP contribution in [0.2, 0.25) is 0 Å². The quantitative estimate of drug-likeness (QED) is 0.728. The van der Waals surface area contributed by atoms with Crippen LogP contribution in [-0.4, -0.2) is 32.1 Å². The second-order valence-corrected chi connectivity index (χ2v) is 6.87. The number of rotatable bonds is 8. The molecule has 0 saturated carbocycles. The molecule has 0 heterocycles. The Kier molecular flexibility index (Phi) is 7.07. The summed E-state index contributed by atoms with van der Waals surface area (Å²) < 4.78 is 5.89. The molecule has 0 aliphatic carbocycles. The van der Waals surface area contributed by atoms with Crippen LogP contribution in [0.3, 0.4) is 0 Å². The lowest BCUT2D eigenvalue weighted by Gasteiger charge is -2.20. The summed E-state index contributed by atoms with van der Waals surface area (Å²) in [5.74, 6) is 0.708. The van der Waals surface area contributed by atoms with Crippen LogP contribution in [0.15, 0.2) is 42.5 Å². The average molecular weight is 354 g/mol. The second kappa shape index (κ2) is 9.27. The fourth-order valence-corrected chi connectivity index (χ4v) is 2.85. The Balaban J connectivity index is 1.77. The highest BCUT2D eigenvalue weighted by Gasteiger charge is 2.16. The van der Waals surface area contributed by atoms with Gasteiger partial charge in [0.05, 0.1) is 0 Å². The van der Waals surface area contributed by atoms with Crippen LogP contribution >= 0.6 is 0 Å². The molecule has 140 valence electrons. The van der Waals surface area contributed by atoms with Gasteiger partial charge in [0.15, 0.2) is 6.10 Å². The molecule has 0 aliphatic heterocycles. The molecular formula is C22H30N2O2. The van der Waals surface area contributed by atoms with Gasteiger partial charge in [0.25, 0.3) is 5.91 Å². The zero-order chi connectivity index (χ0) is 19.1. The molecule has 2 rings (SSSR count). The highest BCUT2D eigenvalue weighted by Crippen LogP contribution is 2.24. The average Bonchev–Trinajstić information content (AvgIpc) is 2.63. The van der Waals surface area contributed by atoms with Crippen molar-refractivity contribution < 1.29 is 9.53 Å². The van der Waals surface area contributed by atoms with Gasteiger partial charge >= 0.3 is 0 Å². The molecule has 0 spiro atoms. The third-order valence-electron chi connectivity index (χ3n) is 4.60. The number of aryl methyl sites for hydroxylation is 2. The lowest BCUT2D eigenvalue weighted by molar-refractivity contribution is -0.127. The third-order valence-corrected chi connectivity index (χ3v) is 4.60. The monoisotopic (exact) mass is 354 g/mol. The largest absolute Gasteiger partial charge is 0.481 e. The molecular weight excluding hydrogens is 324 g/mol. The fraction of sp³-hybridized carbons (Fsp3) is 0.409. The van der Waals surface area contributed by atoms with Gasteiger partial charge < -0.3 is 15.0 Å². The van der Waals surface area contributed by atoms with Crippen molar-refractivity contribution in [1.82, 2.24) is 5.32 Å². The van der Waals surface area contributed by atoms with Crippen LogP contribution in [0, 0.1) is 20.8 Å². The first-order valence-electron chi connectivity index (χ1n) is 9.17. The van der Waals surface area contributed by atoms with Gasteiger partial charge in [-0.3, -0.25) is 4.79 Å². The number of amides is 1. The van der Waals surface area contributed by atoms with Gasteiger partial charge in [-0.25, -0.2) is 0 Å². The van der Waals surface area contributed by atoms with E-state index in [1.165, 1.54) is 11.3 Å². The van der Waals surface area contributed by atoms with E-state index in [0.29, 0.717) is 6.54 Å². The van der Waals surface area contributed by atoms with Gasteiger partial charge in [0.1, 0.15) is 5.75 Å². The molecule has 1 amide bonds. The minimum absolute atomic E-state index is 0.0778. The van der Waals surface area contributed by atoms with Gasteiger partial charge in [0, 0.05) is 25.8 Å². The van der Waals surface area contributed by atoms with Gasteiger partial charge in [0.2, 0.25) is 0 Å². The maximum Gasteiger partial charge on any atom is 0.260 e. The van der Waals surface area contributed by atoms with E-state index in [9.17, 15) is 4.79 Å². The summed E-state index contributed by atoms with van der Waals surface area (Å²) in [7, 11) is 2.06. The summed E-state index contributed by atoms with van der Waals surface area (Å²) in [6.07, 6.45) is 0.369. The lowest BCUT2D eigenvalue weighted by atomic mass is 10.1. The number of carbonyl (C=O) groups excluding carboxylic acids is 1. The number of para-hydroxylation sites is 1. The standard InChI is InChI=1S/C22H30N2O2/c1-16-14-17(2)18(3)21(15-16)26-19(4)22(25)23-12-9-13-24(5)20-10-7-6-8-11-20/h6-8,10-11,14-15,19H,9,12-13H2,1-5H3,(H,23,25). The van der Waals surface area contributed by atoms with Crippen LogP contribution in [-0.2, 0) is 4.79 Å². The first-order chi connectivity index (χ1) is 12.4. The molecule has 0 bridgehead atoms. The summed E-state index contributed by atoms with van der Waals surface area (Å²) >= 11 is 0. The Labute approximate surface area is 157 Å².